The molecule has 1 aromatic heterocycles. The third-order valence-electron chi connectivity index (χ3n) is 1.24. The summed E-state index contributed by atoms with van der Waals surface area (Å²) < 4.78 is 2.87. The summed E-state index contributed by atoms with van der Waals surface area (Å²) in [6.07, 6.45) is 4.25. The second-order valence-electron chi connectivity index (χ2n) is 1.94. The predicted molar refractivity (Wildman–Crippen MR) is 52.6 cm³/mol. The first-order valence-corrected chi connectivity index (χ1v) is 6.23. The standard InChI is InChI=1S/C7H10S3/c1-5-4-6(8-2)10-7(5)9-3/h4H,1-3H3. The van der Waals surface area contributed by atoms with Crippen LogP contribution >= 0.6 is 34.9 Å². The van der Waals surface area contributed by atoms with Crippen molar-refractivity contribution >= 4 is 34.9 Å². The van der Waals surface area contributed by atoms with Crippen molar-refractivity contribution < 1.29 is 0 Å². The van der Waals surface area contributed by atoms with Gasteiger partial charge in [0.25, 0.3) is 0 Å². The van der Waals surface area contributed by atoms with E-state index >= 15 is 0 Å². The average molecular weight is 190 g/mol. The van der Waals surface area contributed by atoms with E-state index in [1.54, 1.807) is 0 Å². The predicted octanol–water partition coefficient (Wildman–Crippen LogP) is 3.50. The van der Waals surface area contributed by atoms with E-state index in [0.29, 0.717) is 0 Å². The van der Waals surface area contributed by atoms with Gasteiger partial charge in [0.05, 0.1) is 8.42 Å². The van der Waals surface area contributed by atoms with Crippen LogP contribution in [0.25, 0.3) is 0 Å². The number of thioether (sulfide) groups is 2. The molecular weight excluding hydrogens is 180 g/mol. The van der Waals surface area contributed by atoms with E-state index in [0.717, 1.165) is 0 Å². The van der Waals surface area contributed by atoms with Gasteiger partial charge in [-0.05, 0) is 31.1 Å². The van der Waals surface area contributed by atoms with Crippen LogP contribution in [0.2, 0.25) is 0 Å². The molecule has 56 valence electrons. The molecule has 0 atom stereocenters. The van der Waals surface area contributed by atoms with Gasteiger partial charge in [-0.25, -0.2) is 0 Å². The maximum absolute atomic E-state index is 2.25. The highest BCUT2D eigenvalue weighted by Crippen LogP contribution is 2.34. The molecule has 0 saturated heterocycles. The molecule has 1 aromatic rings. The zero-order valence-corrected chi connectivity index (χ0v) is 8.75. The number of rotatable bonds is 2. The molecule has 0 fully saturated rings. The molecule has 0 nitrogen and oxygen atoms in total. The van der Waals surface area contributed by atoms with Gasteiger partial charge in [-0.2, -0.15) is 0 Å². The van der Waals surface area contributed by atoms with Crippen molar-refractivity contribution in [3.63, 3.8) is 0 Å². The van der Waals surface area contributed by atoms with Crippen molar-refractivity contribution in [1.29, 1.82) is 0 Å². The molecule has 0 aliphatic carbocycles. The highest BCUT2D eigenvalue weighted by molar-refractivity contribution is 8.02. The summed E-state index contributed by atoms with van der Waals surface area (Å²) in [5, 5.41) is 0. The Morgan fingerprint density at radius 1 is 1.30 bits per heavy atom. The van der Waals surface area contributed by atoms with Crippen LogP contribution in [0.15, 0.2) is 14.5 Å². The van der Waals surface area contributed by atoms with Gasteiger partial charge >= 0.3 is 0 Å². The summed E-state index contributed by atoms with van der Waals surface area (Å²) in [6, 6.07) is 2.25. The highest BCUT2D eigenvalue weighted by Gasteiger charge is 2.01. The number of thiophene rings is 1. The first kappa shape index (κ1) is 8.50. The van der Waals surface area contributed by atoms with Crippen molar-refractivity contribution in [3.05, 3.63) is 11.6 Å². The first-order valence-electron chi connectivity index (χ1n) is 2.96. The van der Waals surface area contributed by atoms with E-state index in [-0.39, 0.29) is 0 Å². The Kier molecular flexibility index (Phi) is 3.14. The lowest BCUT2D eigenvalue weighted by molar-refractivity contribution is 1.42. The summed E-state index contributed by atoms with van der Waals surface area (Å²) in [7, 11) is 0. The van der Waals surface area contributed by atoms with E-state index in [2.05, 4.69) is 25.5 Å². The second-order valence-corrected chi connectivity index (χ2v) is 5.18. The molecule has 0 aromatic carbocycles. The van der Waals surface area contributed by atoms with E-state index in [9.17, 15) is 0 Å². The van der Waals surface area contributed by atoms with Gasteiger partial charge in [0, 0.05) is 0 Å². The Bertz CT molecular complexity index is 215. The van der Waals surface area contributed by atoms with Crippen LogP contribution in [-0.4, -0.2) is 12.5 Å². The topological polar surface area (TPSA) is 0 Å². The normalized spacial score (nSPS) is 10.3. The Hall–Kier alpha value is 0.400. The van der Waals surface area contributed by atoms with Gasteiger partial charge in [0.2, 0.25) is 0 Å². The molecule has 0 bridgehead atoms. The highest BCUT2D eigenvalue weighted by atomic mass is 32.2. The first-order chi connectivity index (χ1) is 4.77. The van der Waals surface area contributed by atoms with E-state index in [1.165, 1.54) is 14.0 Å². The minimum atomic E-state index is 1.42. The van der Waals surface area contributed by atoms with Gasteiger partial charge in [-0.3, -0.25) is 0 Å². The molecule has 0 aliphatic heterocycles. The van der Waals surface area contributed by atoms with Crippen LogP contribution in [0.3, 0.4) is 0 Å². The zero-order valence-electron chi connectivity index (χ0n) is 6.30. The van der Waals surface area contributed by atoms with Gasteiger partial charge in [0.1, 0.15) is 0 Å². The third kappa shape index (κ3) is 1.71. The summed E-state index contributed by atoms with van der Waals surface area (Å²) in [5.74, 6) is 0. The van der Waals surface area contributed by atoms with E-state index in [4.69, 9.17) is 0 Å². The summed E-state index contributed by atoms with van der Waals surface area (Å²) >= 11 is 5.55. The Balaban J connectivity index is 2.92. The molecule has 0 spiro atoms. The Labute approximate surface area is 74.4 Å². The van der Waals surface area contributed by atoms with Gasteiger partial charge < -0.3 is 0 Å². The van der Waals surface area contributed by atoms with Crippen LogP contribution < -0.4 is 0 Å². The summed E-state index contributed by atoms with van der Waals surface area (Å²) in [6.45, 7) is 2.17. The van der Waals surface area contributed by atoms with Gasteiger partial charge in [0.15, 0.2) is 0 Å². The van der Waals surface area contributed by atoms with E-state index < -0.39 is 0 Å². The van der Waals surface area contributed by atoms with Gasteiger partial charge in [-0.15, -0.1) is 34.9 Å². The molecule has 1 heterocycles. The number of hydrogen-bond donors (Lipinski definition) is 0. The zero-order chi connectivity index (χ0) is 7.56. The lowest BCUT2D eigenvalue weighted by Gasteiger charge is -1.87. The average Bonchev–Trinajstić information content (AvgIpc) is 2.30. The lowest BCUT2D eigenvalue weighted by Crippen LogP contribution is -1.62. The van der Waals surface area contributed by atoms with Crippen molar-refractivity contribution in [1.82, 2.24) is 0 Å². The Morgan fingerprint density at radius 2 is 2.00 bits per heavy atom. The lowest BCUT2D eigenvalue weighted by atomic mass is 10.4. The van der Waals surface area contributed by atoms with Crippen molar-refractivity contribution in [3.8, 4) is 0 Å². The molecule has 0 radical (unpaired) electrons. The fraction of sp³-hybridized carbons (Fsp3) is 0.429. The molecule has 0 N–H and O–H groups in total. The minimum absolute atomic E-state index is 1.42. The quantitative estimate of drug-likeness (QED) is 0.655. The third-order valence-corrected chi connectivity index (χ3v) is 4.78. The molecule has 3 heteroatoms. The van der Waals surface area contributed by atoms with Crippen LogP contribution in [0.4, 0.5) is 0 Å². The monoisotopic (exact) mass is 190 g/mol. The molecule has 10 heavy (non-hydrogen) atoms. The SMILES string of the molecule is CSc1cc(C)c(SC)s1. The van der Waals surface area contributed by atoms with Crippen LogP contribution in [-0.2, 0) is 0 Å². The van der Waals surface area contributed by atoms with Crippen LogP contribution in [0.1, 0.15) is 5.56 Å². The summed E-state index contributed by atoms with van der Waals surface area (Å²) in [4.78, 5) is 0. The smallest absolute Gasteiger partial charge is 0.0637 e. The van der Waals surface area contributed by atoms with Crippen LogP contribution in [0.5, 0.6) is 0 Å². The molecule has 1 rings (SSSR count). The minimum Gasteiger partial charge on any atom is -0.122 e. The number of hydrogen-bond acceptors (Lipinski definition) is 3. The second kappa shape index (κ2) is 3.69. The molecule has 0 saturated carbocycles. The molecule has 0 unspecified atom stereocenters. The molecule has 0 amide bonds. The van der Waals surface area contributed by atoms with Crippen molar-refractivity contribution in [2.24, 2.45) is 0 Å². The fourth-order valence-corrected chi connectivity index (χ4v) is 3.40. The molecule has 0 aliphatic rings. The molecular formula is C7H10S3. The van der Waals surface area contributed by atoms with Gasteiger partial charge in [-0.1, -0.05) is 0 Å². The fourth-order valence-electron chi connectivity index (χ4n) is 0.740. The maximum atomic E-state index is 2.25. The largest absolute Gasteiger partial charge is 0.122 e. The van der Waals surface area contributed by atoms with Crippen molar-refractivity contribution in [2.75, 3.05) is 12.5 Å². The van der Waals surface area contributed by atoms with Crippen molar-refractivity contribution in [2.45, 2.75) is 15.3 Å². The van der Waals surface area contributed by atoms with E-state index in [1.807, 2.05) is 34.9 Å². The Morgan fingerprint density at radius 3 is 2.30 bits per heavy atom. The summed E-state index contributed by atoms with van der Waals surface area (Å²) in [5.41, 5.74) is 1.42. The number of aryl methyl sites for hydroxylation is 1. The maximum Gasteiger partial charge on any atom is 0.0637 e. The van der Waals surface area contributed by atoms with Crippen LogP contribution in [0, 0.1) is 6.92 Å².